The summed E-state index contributed by atoms with van der Waals surface area (Å²) in [5.74, 6) is -1.03. The zero-order valence-corrected chi connectivity index (χ0v) is 9.22. The fourth-order valence-corrected chi connectivity index (χ4v) is 2.41. The number of hydrogen-bond donors (Lipinski definition) is 1. The van der Waals surface area contributed by atoms with E-state index in [2.05, 4.69) is 0 Å². The van der Waals surface area contributed by atoms with Crippen molar-refractivity contribution >= 4 is 11.9 Å². The Morgan fingerprint density at radius 2 is 2.00 bits per heavy atom. The van der Waals surface area contributed by atoms with E-state index in [4.69, 9.17) is 9.84 Å². The number of nitrogens with zero attached hydrogens (tertiary/aromatic N) is 1. The van der Waals surface area contributed by atoms with E-state index in [-0.39, 0.29) is 5.91 Å². The molecule has 0 aromatic heterocycles. The molecule has 90 valence electrons. The minimum absolute atomic E-state index is 0.135. The number of rotatable bonds is 2. The second kappa shape index (κ2) is 4.82. The summed E-state index contributed by atoms with van der Waals surface area (Å²) in [6, 6.07) is -0.648. The smallest absolute Gasteiger partial charge is 0.326 e. The van der Waals surface area contributed by atoms with Gasteiger partial charge in [-0.05, 0) is 32.1 Å². The summed E-state index contributed by atoms with van der Waals surface area (Å²) in [6.45, 7) is 1.16. The molecule has 0 unspecified atom stereocenters. The normalized spacial score (nSPS) is 30.4. The minimum Gasteiger partial charge on any atom is -0.480 e. The van der Waals surface area contributed by atoms with Crippen LogP contribution in [0.25, 0.3) is 0 Å². The Labute approximate surface area is 94.4 Å². The van der Waals surface area contributed by atoms with E-state index in [1.54, 1.807) is 0 Å². The summed E-state index contributed by atoms with van der Waals surface area (Å²) in [6.07, 6.45) is 3.55. The second-order valence-electron chi connectivity index (χ2n) is 4.38. The summed E-state index contributed by atoms with van der Waals surface area (Å²) in [4.78, 5) is 24.6. The van der Waals surface area contributed by atoms with Gasteiger partial charge >= 0.3 is 5.97 Å². The molecule has 0 aromatic rings. The van der Waals surface area contributed by atoms with Crippen LogP contribution in [0.1, 0.15) is 32.1 Å². The molecular formula is C11H17NO4. The third-order valence-electron chi connectivity index (χ3n) is 3.28. The second-order valence-corrected chi connectivity index (χ2v) is 4.38. The third-order valence-corrected chi connectivity index (χ3v) is 3.28. The van der Waals surface area contributed by atoms with Gasteiger partial charge in [0.25, 0.3) is 5.91 Å². The fraction of sp³-hybridized carbons (Fsp3) is 0.818. The van der Waals surface area contributed by atoms with Gasteiger partial charge in [-0.25, -0.2) is 4.79 Å². The summed E-state index contributed by atoms with van der Waals surface area (Å²) in [5.41, 5.74) is 0. The number of hydrogen-bond acceptors (Lipinski definition) is 3. The number of ether oxygens (including phenoxy) is 1. The van der Waals surface area contributed by atoms with Crippen molar-refractivity contribution in [3.05, 3.63) is 0 Å². The summed E-state index contributed by atoms with van der Waals surface area (Å²) < 4.78 is 5.31. The number of aliphatic carboxylic acids is 1. The molecule has 0 aliphatic carbocycles. The molecule has 2 saturated heterocycles. The highest BCUT2D eigenvalue weighted by atomic mass is 16.5. The summed E-state index contributed by atoms with van der Waals surface area (Å²) >= 11 is 0. The van der Waals surface area contributed by atoms with Gasteiger partial charge in [0.1, 0.15) is 12.1 Å². The van der Waals surface area contributed by atoms with Crippen molar-refractivity contribution in [2.75, 3.05) is 13.2 Å². The molecule has 2 fully saturated rings. The first-order valence-corrected chi connectivity index (χ1v) is 5.85. The molecule has 0 spiro atoms. The van der Waals surface area contributed by atoms with Crippen LogP contribution >= 0.6 is 0 Å². The maximum Gasteiger partial charge on any atom is 0.326 e. The number of carboxylic acid groups (broad SMARTS) is 1. The van der Waals surface area contributed by atoms with E-state index in [0.717, 1.165) is 25.7 Å². The van der Waals surface area contributed by atoms with Gasteiger partial charge in [-0.15, -0.1) is 0 Å². The molecule has 2 rings (SSSR count). The topological polar surface area (TPSA) is 66.8 Å². The standard InChI is InChI=1S/C11H17NO4/c13-10(9-5-3-7-16-9)12-6-2-1-4-8(12)11(14)15/h8-9H,1-7H2,(H,14,15)/t8-,9-/m0/s1. The van der Waals surface area contributed by atoms with Crippen molar-refractivity contribution < 1.29 is 19.4 Å². The van der Waals surface area contributed by atoms with Gasteiger partial charge in [0.15, 0.2) is 0 Å². The molecule has 2 heterocycles. The van der Waals surface area contributed by atoms with Gasteiger partial charge in [-0.3, -0.25) is 4.79 Å². The van der Waals surface area contributed by atoms with Crippen molar-refractivity contribution in [3.63, 3.8) is 0 Å². The van der Waals surface area contributed by atoms with E-state index in [0.29, 0.717) is 19.6 Å². The van der Waals surface area contributed by atoms with Crippen LogP contribution in [-0.2, 0) is 14.3 Å². The van der Waals surface area contributed by atoms with Crippen molar-refractivity contribution in [1.29, 1.82) is 0 Å². The number of likely N-dealkylation sites (tertiary alicyclic amines) is 1. The number of piperidine rings is 1. The van der Waals surface area contributed by atoms with E-state index < -0.39 is 18.1 Å². The van der Waals surface area contributed by atoms with E-state index >= 15 is 0 Å². The lowest BCUT2D eigenvalue weighted by Gasteiger charge is -2.34. The zero-order valence-electron chi connectivity index (χ0n) is 9.22. The Hall–Kier alpha value is -1.10. The zero-order chi connectivity index (χ0) is 11.5. The number of carbonyl (C=O) groups is 2. The van der Waals surface area contributed by atoms with Crippen LogP contribution in [0.4, 0.5) is 0 Å². The Balaban J connectivity index is 2.04. The lowest BCUT2D eigenvalue weighted by Crippen LogP contribution is -2.51. The van der Waals surface area contributed by atoms with Gasteiger partial charge in [-0.2, -0.15) is 0 Å². The maximum atomic E-state index is 12.1. The Morgan fingerprint density at radius 3 is 2.62 bits per heavy atom. The largest absolute Gasteiger partial charge is 0.480 e. The monoisotopic (exact) mass is 227 g/mol. The highest BCUT2D eigenvalue weighted by molar-refractivity contribution is 5.86. The SMILES string of the molecule is O=C(O)[C@@H]1CCCCN1C(=O)[C@@H]1CCCO1. The molecule has 2 atom stereocenters. The molecule has 1 N–H and O–H groups in total. The highest BCUT2D eigenvalue weighted by Gasteiger charge is 2.36. The minimum atomic E-state index is -0.897. The molecule has 0 aromatic carbocycles. The molecule has 0 radical (unpaired) electrons. The van der Waals surface area contributed by atoms with Gasteiger partial charge < -0.3 is 14.7 Å². The molecule has 2 aliphatic rings. The van der Waals surface area contributed by atoms with Gasteiger partial charge in [0.05, 0.1) is 0 Å². The summed E-state index contributed by atoms with van der Waals surface area (Å²) in [7, 11) is 0. The number of amides is 1. The molecule has 5 heteroatoms. The third kappa shape index (κ3) is 2.19. The van der Waals surface area contributed by atoms with Gasteiger partial charge in [-0.1, -0.05) is 0 Å². The maximum absolute atomic E-state index is 12.1. The Bertz CT molecular complexity index is 286. The Morgan fingerprint density at radius 1 is 1.19 bits per heavy atom. The molecule has 2 aliphatic heterocycles. The molecule has 16 heavy (non-hydrogen) atoms. The van der Waals surface area contributed by atoms with Crippen molar-refractivity contribution in [3.8, 4) is 0 Å². The van der Waals surface area contributed by atoms with Crippen molar-refractivity contribution in [1.82, 2.24) is 4.90 Å². The van der Waals surface area contributed by atoms with Gasteiger partial charge in [0, 0.05) is 13.2 Å². The van der Waals surface area contributed by atoms with Crippen LogP contribution in [0.2, 0.25) is 0 Å². The molecule has 5 nitrogen and oxygen atoms in total. The van der Waals surface area contributed by atoms with Crippen LogP contribution in [0.15, 0.2) is 0 Å². The quantitative estimate of drug-likeness (QED) is 0.751. The highest BCUT2D eigenvalue weighted by Crippen LogP contribution is 2.22. The molecular weight excluding hydrogens is 210 g/mol. The number of carboxylic acids is 1. The first kappa shape index (κ1) is 11.4. The van der Waals surface area contributed by atoms with Crippen LogP contribution in [-0.4, -0.2) is 47.2 Å². The van der Waals surface area contributed by atoms with Crippen LogP contribution in [0, 0.1) is 0 Å². The molecule has 0 bridgehead atoms. The van der Waals surface area contributed by atoms with Gasteiger partial charge in [0.2, 0.25) is 0 Å². The predicted octanol–water partition coefficient (Wildman–Crippen LogP) is 0.631. The predicted molar refractivity (Wildman–Crippen MR) is 56.0 cm³/mol. The Kier molecular flexibility index (Phi) is 3.43. The van der Waals surface area contributed by atoms with E-state index in [1.165, 1.54) is 4.90 Å². The fourth-order valence-electron chi connectivity index (χ4n) is 2.41. The van der Waals surface area contributed by atoms with E-state index in [9.17, 15) is 9.59 Å². The number of carbonyl (C=O) groups excluding carboxylic acids is 1. The average molecular weight is 227 g/mol. The first-order valence-electron chi connectivity index (χ1n) is 5.85. The molecule has 0 saturated carbocycles. The van der Waals surface area contributed by atoms with Crippen LogP contribution < -0.4 is 0 Å². The summed E-state index contributed by atoms with van der Waals surface area (Å²) in [5, 5.41) is 9.07. The first-order chi connectivity index (χ1) is 7.70. The van der Waals surface area contributed by atoms with Crippen LogP contribution in [0.5, 0.6) is 0 Å². The molecule has 1 amide bonds. The average Bonchev–Trinajstić information content (AvgIpc) is 2.81. The van der Waals surface area contributed by atoms with E-state index in [1.807, 2.05) is 0 Å². The lowest BCUT2D eigenvalue weighted by atomic mass is 10.0. The van der Waals surface area contributed by atoms with Crippen molar-refractivity contribution in [2.45, 2.75) is 44.2 Å². The lowest BCUT2D eigenvalue weighted by molar-refractivity contribution is -0.156. The van der Waals surface area contributed by atoms with Crippen LogP contribution in [0.3, 0.4) is 0 Å². The van der Waals surface area contributed by atoms with Crippen molar-refractivity contribution in [2.24, 2.45) is 0 Å².